The number of aromatic nitrogens is 3. The molecule has 5 heteroatoms. The SMILES string of the molecule is C=C1C=CC=Cc2oc3ccc(-c4ccnc(-c5cc(-c6ccc7oc8cccnc8c7c6)ccn5)c4)cc3c21. The van der Waals surface area contributed by atoms with E-state index in [-0.39, 0.29) is 0 Å². The second kappa shape index (κ2) is 8.75. The second-order valence-corrected chi connectivity index (χ2v) is 9.82. The molecule has 0 radical (unpaired) electrons. The number of pyridine rings is 3. The van der Waals surface area contributed by atoms with Crippen molar-refractivity contribution < 1.29 is 8.83 Å². The van der Waals surface area contributed by atoms with Gasteiger partial charge in [0, 0.05) is 34.9 Å². The molecule has 1 aliphatic rings. The number of nitrogens with zero attached hydrogens (tertiary/aromatic N) is 3. The molecule has 7 aromatic rings. The average Bonchev–Trinajstić information content (AvgIpc) is 3.50. The molecule has 2 aromatic carbocycles. The van der Waals surface area contributed by atoms with E-state index in [1.807, 2.05) is 73.1 Å². The fraction of sp³-hybridized carbons (Fsp3) is 0. The van der Waals surface area contributed by atoms with Crippen LogP contribution in [-0.2, 0) is 0 Å². The van der Waals surface area contributed by atoms with Crippen LogP contribution in [0.5, 0.6) is 0 Å². The molecular weight excluding hydrogens is 494 g/mol. The molecule has 0 spiro atoms. The summed E-state index contributed by atoms with van der Waals surface area (Å²) in [7, 11) is 0. The third kappa shape index (κ3) is 3.60. The van der Waals surface area contributed by atoms with Gasteiger partial charge in [-0.25, -0.2) is 0 Å². The van der Waals surface area contributed by atoms with Crippen molar-refractivity contribution in [2.75, 3.05) is 0 Å². The minimum atomic E-state index is 0.785. The number of benzene rings is 2. The second-order valence-electron chi connectivity index (χ2n) is 9.82. The van der Waals surface area contributed by atoms with Gasteiger partial charge in [-0.15, -0.1) is 0 Å². The zero-order valence-corrected chi connectivity index (χ0v) is 21.3. The third-order valence-corrected chi connectivity index (χ3v) is 7.37. The predicted molar refractivity (Wildman–Crippen MR) is 160 cm³/mol. The Morgan fingerprint density at radius 3 is 1.95 bits per heavy atom. The summed E-state index contributed by atoms with van der Waals surface area (Å²) in [6.45, 7) is 4.24. The van der Waals surface area contributed by atoms with Crippen molar-refractivity contribution in [3.63, 3.8) is 0 Å². The molecule has 40 heavy (non-hydrogen) atoms. The Bertz CT molecular complexity index is 2200. The van der Waals surface area contributed by atoms with Gasteiger partial charge in [0.2, 0.25) is 0 Å². The van der Waals surface area contributed by atoms with Crippen LogP contribution < -0.4 is 0 Å². The molecule has 1 aliphatic carbocycles. The summed E-state index contributed by atoms with van der Waals surface area (Å²) in [6, 6.07) is 24.5. The summed E-state index contributed by atoms with van der Waals surface area (Å²) < 4.78 is 12.1. The number of hydrogen-bond donors (Lipinski definition) is 0. The smallest absolute Gasteiger partial charge is 0.153 e. The Balaban J connectivity index is 1.19. The fourth-order valence-corrected chi connectivity index (χ4v) is 5.42. The summed E-state index contributed by atoms with van der Waals surface area (Å²) in [5, 5.41) is 2.04. The number of fused-ring (bicyclic) bond motifs is 6. The van der Waals surface area contributed by atoms with Crippen molar-refractivity contribution in [3.05, 3.63) is 128 Å². The first kappa shape index (κ1) is 22.4. The Labute approximate surface area is 229 Å². The van der Waals surface area contributed by atoms with Gasteiger partial charge in [0.15, 0.2) is 5.58 Å². The van der Waals surface area contributed by atoms with Crippen LogP contribution >= 0.6 is 0 Å². The maximum atomic E-state index is 6.11. The highest BCUT2D eigenvalue weighted by molar-refractivity contribution is 6.04. The van der Waals surface area contributed by atoms with E-state index in [0.717, 1.165) is 83.6 Å². The molecule has 0 saturated carbocycles. The molecule has 0 amide bonds. The monoisotopic (exact) mass is 515 g/mol. The van der Waals surface area contributed by atoms with Crippen LogP contribution in [0, 0.1) is 0 Å². The van der Waals surface area contributed by atoms with Gasteiger partial charge in [-0.1, -0.05) is 36.9 Å². The standard InChI is InChI=1S/C35H21N3O2/c1-21-5-2-3-6-32-34(21)26-17-22(8-10-30(26)39-32)24-12-15-36-28(19-24)29-20-25(13-16-37-29)23-9-11-31-27(18-23)35-33(40-31)7-4-14-38-35/h2-20H,1H2. The number of rotatable bonds is 3. The lowest BCUT2D eigenvalue weighted by atomic mass is 9.98. The molecule has 5 aromatic heterocycles. The predicted octanol–water partition coefficient (Wildman–Crippen LogP) is 9.11. The Hall–Kier alpha value is -5.55. The fourth-order valence-electron chi connectivity index (χ4n) is 5.42. The van der Waals surface area contributed by atoms with Crippen molar-refractivity contribution in [2.45, 2.75) is 0 Å². The summed E-state index contributed by atoms with van der Waals surface area (Å²) in [6.07, 6.45) is 13.4. The van der Waals surface area contributed by atoms with E-state index in [0.29, 0.717) is 0 Å². The van der Waals surface area contributed by atoms with Gasteiger partial charge in [0.25, 0.3) is 0 Å². The normalized spacial score (nSPS) is 12.8. The van der Waals surface area contributed by atoms with E-state index in [1.165, 1.54) is 0 Å². The van der Waals surface area contributed by atoms with Crippen molar-refractivity contribution in [1.82, 2.24) is 15.0 Å². The van der Waals surface area contributed by atoms with Crippen LogP contribution in [0.4, 0.5) is 0 Å². The maximum absolute atomic E-state index is 6.11. The van der Waals surface area contributed by atoms with Crippen molar-refractivity contribution in [1.29, 1.82) is 0 Å². The van der Waals surface area contributed by atoms with E-state index in [1.54, 1.807) is 6.20 Å². The van der Waals surface area contributed by atoms with Gasteiger partial charge in [-0.3, -0.25) is 15.0 Å². The quantitative estimate of drug-likeness (QED) is 0.235. The van der Waals surface area contributed by atoms with Gasteiger partial charge in [-0.2, -0.15) is 0 Å². The van der Waals surface area contributed by atoms with Crippen LogP contribution in [0.2, 0.25) is 0 Å². The van der Waals surface area contributed by atoms with Crippen LogP contribution in [0.15, 0.2) is 125 Å². The molecule has 0 aliphatic heterocycles. The number of hydrogen-bond acceptors (Lipinski definition) is 5. The largest absolute Gasteiger partial charge is 0.456 e. The van der Waals surface area contributed by atoms with Gasteiger partial charge < -0.3 is 8.83 Å². The van der Waals surface area contributed by atoms with E-state index in [4.69, 9.17) is 8.83 Å². The Morgan fingerprint density at radius 2 is 1.20 bits per heavy atom. The van der Waals surface area contributed by atoms with Gasteiger partial charge >= 0.3 is 0 Å². The molecule has 0 unspecified atom stereocenters. The zero-order valence-electron chi connectivity index (χ0n) is 21.3. The van der Waals surface area contributed by atoms with Crippen LogP contribution in [0.3, 0.4) is 0 Å². The van der Waals surface area contributed by atoms with E-state index >= 15 is 0 Å². The van der Waals surface area contributed by atoms with E-state index in [9.17, 15) is 0 Å². The molecular formula is C35H21N3O2. The maximum Gasteiger partial charge on any atom is 0.153 e. The molecule has 188 valence electrons. The lowest BCUT2D eigenvalue weighted by Gasteiger charge is -2.08. The van der Waals surface area contributed by atoms with Crippen LogP contribution in [-0.4, -0.2) is 15.0 Å². The summed E-state index contributed by atoms with van der Waals surface area (Å²) >= 11 is 0. The first-order valence-corrected chi connectivity index (χ1v) is 13.0. The molecule has 5 nitrogen and oxygen atoms in total. The molecule has 0 bridgehead atoms. The highest BCUT2D eigenvalue weighted by atomic mass is 16.3. The number of allylic oxidation sites excluding steroid dienone is 4. The van der Waals surface area contributed by atoms with Gasteiger partial charge in [-0.05, 0) is 94.6 Å². The minimum absolute atomic E-state index is 0.785. The van der Waals surface area contributed by atoms with Crippen LogP contribution in [0.25, 0.3) is 78.3 Å². The highest BCUT2D eigenvalue weighted by Gasteiger charge is 2.16. The Morgan fingerprint density at radius 1 is 0.550 bits per heavy atom. The van der Waals surface area contributed by atoms with E-state index in [2.05, 4.69) is 57.9 Å². The van der Waals surface area contributed by atoms with Gasteiger partial charge in [0.1, 0.15) is 22.4 Å². The lowest BCUT2D eigenvalue weighted by Crippen LogP contribution is -1.90. The summed E-state index contributed by atoms with van der Waals surface area (Å²) in [5.41, 5.74) is 11.1. The summed E-state index contributed by atoms with van der Waals surface area (Å²) in [4.78, 5) is 13.8. The van der Waals surface area contributed by atoms with Crippen molar-refractivity contribution in [3.8, 4) is 33.6 Å². The molecule has 0 fully saturated rings. The first-order valence-electron chi connectivity index (χ1n) is 13.0. The van der Waals surface area contributed by atoms with Crippen molar-refractivity contribution in [2.24, 2.45) is 0 Å². The zero-order chi connectivity index (χ0) is 26.6. The molecule has 0 saturated heterocycles. The Kier molecular flexibility index (Phi) is 4.91. The van der Waals surface area contributed by atoms with Crippen LogP contribution in [0.1, 0.15) is 11.3 Å². The molecule has 0 atom stereocenters. The molecule has 5 heterocycles. The summed E-state index contributed by atoms with van der Waals surface area (Å²) in [5.74, 6) is 0.830. The van der Waals surface area contributed by atoms with E-state index < -0.39 is 0 Å². The lowest BCUT2D eigenvalue weighted by molar-refractivity contribution is 0.603. The van der Waals surface area contributed by atoms with Crippen molar-refractivity contribution >= 4 is 44.7 Å². The number of furan rings is 2. The topological polar surface area (TPSA) is 65.0 Å². The molecule has 8 rings (SSSR count). The third-order valence-electron chi connectivity index (χ3n) is 7.37. The first-order chi connectivity index (χ1) is 19.7. The highest BCUT2D eigenvalue weighted by Crippen LogP contribution is 2.37. The molecule has 0 N–H and O–H groups in total. The minimum Gasteiger partial charge on any atom is -0.456 e. The van der Waals surface area contributed by atoms with Gasteiger partial charge in [0.05, 0.1) is 11.4 Å². The average molecular weight is 516 g/mol.